The fourth-order valence-electron chi connectivity index (χ4n) is 2.46. The third-order valence-electron chi connectivity index (χ3n) is 3.39. The van der Waals surface area contributed by atoms with Crippen molar-refractivity contribution in [2.75, 3.05) is 6.54 Å². The Bertz CT molecular complexity index is 337. The van der Waals surface area contributed by atoms with Gasteiger partial charge in [-0.25, -0.2) is 0 Å². The van der Waals surface area contributed by atoms with Crippen molar-refractivity contribution in [3.05, 3.63) is 35.4 Å². The highest BCUT2D eigenvalue weighted by Crippen LogP contribution is 2.27. The summed E-state index contributed by atoms with van der Waals surface area (Å²) in [6.07, 6.45) is 3.96. The van der Waals surface area contributed by atoms with Gasteiger partial charge in [-0.1, -0.05) is 44.0 Å². The number of nitrogens with one attached hydrogen (secondary N) is 1. The number of aliphatic hydroxyl groups excluding tert-OH is 1. The largest absolute Gasteiger partial charge is 0.391 e. The molecule has 1 aromatic carbocycles. The molecule has 2 nitrogen and oxygen atoms in total. The van der Waals surface area contributed by atoms with Crippen LogP contribution in [-0.2, 0) is 6.42 Å². The van der Waals surface area contributed by atoms with Crippen LogP contribution in [0.3, 0.4) is 0 Å². The van der Waals surface area contributed by atoms with Crippen LogP contribution in [0.2, 0.25) is 0 Å². The Morgan fingerprint density at radius 3 is 3.06 bits per heavy atom. The second-order valence-electron chi connectivity index (χ2n) is 4.59. The van der Waals surface area contributed by atoms with E-state index >= 15 is 0 Å². The number of fused-ring (bicyclic) bond motifs is 1. The Kier molecular flexibility index (Phi) is 3.97. The summed E-state index contributed by atoms with van der Waals surface area (Å²) in [6.45, 7) is 3.14. The summed E-state index contributed by atoms with van der Waals surface area (Å²) in [5.74, 6) is 0. The minimum absolute atomic E-state index is 0.136. The van der Waals surface area contributed by atoms with E-state index in [0.717, 1.165) is 32.2 Å². The van der Waals surface area contributed by atoms with Gasteiger partial charge in [-0.2, -0.15) is 0 Å². The zero-order chi connectivity index (χ0) is 11.4. The van der Waals surface area contributed by atoms with Crippen molar-refractivity contribution in [2.45, 2.75) is 44.8 Å². The first kappa shape index (κ1) is 11.6. The minimum Gasteiger partial charge on any atom is -0.391 e. The number of benzene rings is 1. The Labute approximate surface area is 97.7 Å². The van der Waals surface area contributed by atoms with Crippen LogP contribution in [0.15, 0.2) is 24.3 Å². The minimum atomic E-state index is -0.249. The predicted molar refractivity (Wildman–Crippen MR) is 66.4 cm³/mol. The van der Waals surface area contributed by atoms with Gasteiger partial charge in [-0.15, -0.1) is 0 Å². The van der Waals surface area contributed by atoms with Crippen molar-refractivity contribution in [1.82, 2.24) is 5.32 Å². The standard InChI is InChI=1S/C14H21NO/c1-2-3-8-13(16)14-12-7-5-4-6-11(12)9-10-15-14/h4-7,13-16H,2-3,8-10H2,1H3. The average Bonchev–Trinajstić information content (AvgIpc) is 2.35. The molecule has 1 aromatic rings. The number of unbranched alkanes of at least 4 members (excludes halogenated alkanes) is 1. The molecule has 0 spiro atoms. The molecular formula is C14H21NO. The lowest BCUT2D eigenvalue weighted by Gasteiger charge is -2.30. The van der Waals surface area contributed by atoms with Gasteiger partial charge < -0.3 is 10.4 Å². The number of hydrogen-bond donors (Lipinski definition) is 2. The van der Waals surface area contributed by atoms with Gasteiger partial charge in [-0.3, -0.25) is 0 Å². The van der Waals surface area contributed by atoms with Gasteiger partial charge in [0.1, 0.15) is 0 Å². The highest BCUT2D eigenvalue weighted by atomic mass is 16.3. The van der Waals surface area contributed by atoms with E-state index in [1.165, 1.54) is 11.1 Å². The van der Waals surface area contributed by atoms with E-state index in [9.17, 15) is 5.11 Å². The van der Waals surface area contributed by atoms with Crippen LogP contribution >= 0.6 is 0 Å². The molecule has 2 atom stereocenters. The molecule has 16 heavy (non-hydrogen) atoms. The van der Waals surface area contributed by atoms with Crippen LogP contribution in [0.1, 0.15) is 43.4 Å². The monoisotopic (exact) mass is 219 g/mol. The summed E-state index contributed by atoms with van der Waals surface area (Å²) in [4.78, 5) is 0. The van der Waals surface area contributed by atoms with E-state index in [1.54, 1.807) is 0 Å². The second-order valence-corrected chi connectivity index (χ2v) is 4.59. The molecule has 0 saturated heterocycles. The summed E-state index contributed by atoms with van der Waals surface area (Å²) in [5.41, 5.74) is 2.68. The SMILES string of the molecule is CCCCC(O)C1NCCc2ccccc21. The van der Waals surface area contributed by atoms with Gasteiger partial charge >= 0.3 is 0 Å². The molecule has 0 radical (unpaired) electrons. The molecule has 1 heterocycles. The first-order chi connectivity index (χ1) is 7.83. The Morgan fingerprint density at radius 1 is 1.44 bits per heavy atom. The van der Waals surface area contributed by atoms with Crippen molar-refractivity contribution < 1.29 is 5.11 Å². The van der Waals surface area contributed by atoms with Crippen molar-refractivity contribution >= 4 is 0 Å². The van der Waals surface area contributed by atoms with Crippen LogP contribution in [0, 0.1) is 0 Å². The zero-order valence-electron chi connectivity index (χ0n) is 9.95. The highest BCUT2D eigenvalue weighted by molar-refractivity contribution is 5.33. The van der Waals surface area contributed by atoms with Crippen LogP contribution in [-0.4, -0.2) is 17.8 Å². The van der Waals surface area contributed by atoms with Crippen molar-refractivity contribution in [3.63, 3.8) is 0 Å². The third kappa shape index (κ3) is 2.45. The molecule has 0 saturated carbocycles. The maximum absolute atomic E-state index is 10.2. The molecular weight excluding hydrogens is 198 g/mol. The van der Waals surface area contributed by atoms with E-state index in [0.29, 0.717) is 0 Å². The number of hydrogen-bond acceptors (Lipinski definition) is 2. The van der Waals surface area contributed by atoms with Gasteiger partial charge in [0.2, 0.25) is 0 Å². The summed E-state index contributed by atoms with van der Waals surface area (Å²) < 4.78 is 0. The topological polar surface area (TPSA) is 32.3 Å². The zero-order valence-corrected chi connectivity index (χ0v) is 9.95. The third-order valence-corrected chi connectivity index (χ3v) is 3.39. The number of rotatable bonds is 4. The van der Waals surface area contributed by atoms with Crippen molar-refractivity contribution in [3.8, 4) is 0 Å². The average molecular weight is 219 g/mol. The van der Waals surface area contributed by atoms with Crippen molar-refractivity contribution in [2.24, 2.45) is 0 Å². The molecule has 0 bridgehead atoms. The fraction of sp³-hybridized carbons (Fsp3) is 0.571. The first-order valence-electron chi connectivity index (χ1n) is 6.32. The molecule has 1 aliphatic rings. The normalized spacial score (nSPS) is 21.5. The second kappa shape index (κ2) is 5.46. The lowest BCUT2D eigenvalue weighted by molar-refractivity contribution is 0.113. The number of aliphatic hydroxyl groups is 1. The molecule has 0 aromatic heterocycles. The van der Waals surface area contributed by atoms with E-state index in [4.69, 9.17) is 0 Å². The van der Waals surface area contributed by atoms with Gasteiger partial charge in [0, 0.05) is 0 Å². The van der Waals surface area contributed by atoms with Crippen LogP contribution in [0.4, 0.5) is 0 Å². The smallest absolute Gasteiger partial charge is 0.0735 e. The molecule has 0 fully saturated rings. The Hall–Kier alpha value is -0.860. The lowest BCUT2D eigenvalue weighted by atomic mass is 9.89. The Morgan fingerprint density at radius 2 is 2.25 bits per heavy atom. The maximum atomic E-state index is 10.2. The summed E-state index contributed by atoms with van der Waals surface area (Å²) in [6, 6.07) is 8.60. The van der Waals surface area contributed by atoms with Crippen LogP contribution < -0.4 is 5.32 Å². The van der Waals surface area contributed by atoms with Crippen molar-refractivity contribution in [1.29, 1.82) is 0 Å². The summed E-state index contributed by atoms with van der Waals surface area (Å²) in [5, 5.41) is 13.6. The van der Waals surface area contributed by atoms with Gasteiger partial charge in [0.05, 0.1) is 12.1 Å². The molecule has 0 aliphatic carbocycles. The fourth-order valence-corrected chi connectivity index (χ4v) is 2.46. The quantitative estimate of drug-likeness (QED) is 0.815. The predicted octanol–water partition coefficient (Wildman–Crippen LogP) is 2.42. The molecule has 2 unspecified atom stereocenters. The molecule has 2 N–H and O–H groups in total. The highest BCUT2D eigenvalue weighted by Gasteiger charge is 2.25. The first-order valence-corrected chi connectivity index (χ1v) is 6.32. The Balaban J connectivity index is 2.12. The lowest BCUT2D eigenvalue weighted by Crippen LogP contribution is -2.37. The van der Waals surface area contributed by atoms with Crippen LogP contribution in [0.25, 0.3) is 0 Å². The summed E-state index contributed by atoms with van der Waals surface area (Å²) >= 11 is 0. The molecule has 0 amide bonds. The molecule has 2 rings (SSSR count). The van der Waals surface area contributed by atoms with Gasteiger partial charge in [0.25, 0.3) is 0 Å². The van der Waals surface area contributed by atoms with Crippen LogP contribution in [0.5, 0.6) is 0 Å². The molecule has 1 aliphatic heterocycles. The van der Waals surface area contributed by atoms with E-state index in [1.807, 2.05) is 0 Å². The molecule has 88 valence electrons. The van der Waals surface area contributed by atoms with E-state index in [2.05, 4.69) is 36.5 Å². The summed E-state index contributed by atoms with van der Waals surface area (Å²) in [7, 11) is 0. The van der Waals surface area contributed by atoms with Gasteiger partial charge in [-0.05, 0) is 30.5 Å². The van der Waals surface area contributed by atoms with E-state index < -0.39 is 0 Å². The van der Waals surface area contributed by atoms with Gasteiger partial charge in [0.15, 0.2) is 0 Å². The van der Waals surface area contributed by atoms with E-state index in [-0.39, 0.29) is 12.1 Å². The molecule has 2 heteroatoms. The maximum Gasteiger partial charge on any atom is 0.0735 e.